The van der Waals surface area contributed by atoms with Crippen molar-refractivity contribution in [2.24, 2.45) is 0 Å². The highest BCUT2D eigenvalue weighted by molar-refractivity contribution is 5.18. The molecule has 0 aromatic heterocycles. The fraction of sp³-hybridized carbons (Fsp3) is 0.750. The number of rotatable bonds is 3. The largest absolute Gasteiger partial charge is 0.490 e. The van der Waals surface area contributed by atoms with Gasteiger partial charge in [-0.1, -0.05) is 6.08 Å². The standard InChI is InChI=1S/C16H25N3O2/c1-4-12-20-14(6-1)16(15-7-5-13-21-15)17-8-11-19(16)18-9-2-3-10-18/h1,4,6,12,14-15,17H,2-3,5,7-11,13H2. The minimum atomic E-state index is -0.248. The van der Waals surface area contributed by atoms with Crippen LogP contribution in [0, 0.1) is 0 Å². The van der Waals surface area contributed by atoms with E-state index in [1.165, 1.54) is 12.8 Å². The SMILES string of the molecule is C1=COC(C2(C3CCCO3)NCCN2N2CCCC2)C=C1. The maximum atomic E-state index is 6.11. The lowest BCUT2D eigenvalue weighted by molar-refractivity contribution is -0.170. The number of allylic oxidation sites excluding steroid dienone is 2. The molecule has 5 nitrogen and oxygen atoms in total. The zero-order chi connectivity index (χ0) is 14.1. The molecule has 0 spiro atoms. The Hall–Kier alpha value is -0.880. The zero-order valence-electron chi connectivity index (χ0n) is 12.5. The second-order valence-corrected chi connectivity index (χ2v) is 6.31. The van der Waals surface area contributed by atoms with Crippen LogP contribution in [0.4, 0.5) is 0 Å². The first-order chi connectivity index (χ1) is 10.4. The second kappa shape index (κ2) is 5.72. The van der Waals surface area contributed by atoms with Crippen LogP contribution in [-0.4, -0.2) is 60.7 Å². The highest BCUT2D eigenvalue weighted by Crippen LogP contribution is 2.37. The van der Waals surface area contributed by atoms with Crippen molar-refractivity contribution in [3.05, 3.63) is 24.5 Å². The Balaban J connectivity index is 1.67. The normalized spacial score (nSPS) is 41.0. The van der Waals surface area contributed by atoms with Crippen molar-refractivity contribution in [1.82, 2.24) is 15.3 Å². The summed E-state index contributed by atoms with van der Waals surface area (Å²) in [6.45, 7) is 5.21. The highest BCUT2D eigenvalue weighted by Gasteiger charge is 2.56. The summed E-state index contributed by atoms with van der Waals surface area (Å²) in [6.07, 6.45) is 13.1. The molecule has 3 fully saturated rings. The lowest BCUT2D eigenvalue weighted by Gasteiger charge is -2.49. The number of hydrazine groups is 1. The summed E-state index contributed by atoms with van der Waals surface area (Å²) < 4.78 is 12.1. The van der Waals surface area contributed by atoms with Crippen LogP contribution >= 0.6 is 0 Å². The predicted molar refractivity (Wildman–Crippen MR) is 80.4 cm³/mol. The number of hydrogen-bond acceptors (Lipinski definition) is 5. The minimum Gasteiger partial charge on any atom is -0.490 e. The van der Waals surface area contributed by atoms with Gasteiger partial charge in [0.15, 0.2) is 11.8 Å². The van der Waals surface area contributed by atoms with Gasteiger partial charge in [-0.05, 0) is 37.8 Å². The molecule has 1 N–H and O–H groups in total. The van der Waals surface area contributed by atoms with E-state index in [0.29, 0.717) is 0 Å². The first-order valence-corrected chi connectivity index (χ1v) is 8.29. The first-order valence-electron chi connectivity index (χ1n) is 8.29. The summed E-state index contributed by atoms with van der Waals surface area (Å²) in [5, 5.41) is 8.79. The molecule has 4 heterocycles. The molecule has 0 bridgehead atoms. The minimum absolute atomic E-state index is 0.00806. The Morgan fingerprint density at radius 3 is 2.71 bits per heavy atom. The summed E-state index contributed by atoms with van der Waals surface area (Å²) in [5.41, 5.74) is -0.248. The van der Waals surface area contributed by atoms with E-state index in [-0.39, 0.29) is 17.9 Å². The van der Waals surface area contributed by atoms with Gasteiger partial charge < -0.3 is 9.47 Å². The topological polar surface area (TPSA) is 37.0 Å². The zero-order valence-corrected chi connectivity index (χ0v) is 12.5. The molecule has 4 rings (SSSR count). The Bertz CT molecular complexity index is 427. The van der Waals surface area contributed by atoms with E-state index in [1.807, 2.05) is 12.3 Å². The van der Waals surface area contributed by atoms with E-state index in [4.69, 9.17) is 9.47 Å². The van der Waals surface area contributed by atoms with Crippen LogP contribution in [0.1, 0.15) is 25.7 Å². The number of nitrogens with zero attached hydrogens (tertiary/aromatic N) is 2. The Labute approximate surface area is 126 Å². The van der Waals surface area contributed by atoms with E-state index in [2.05, 4.69) is 27.5 Å². The highest BCUT2D eigenvalue weighted by atomic mass is 16.5. The van der Waals surface area contributed by atoms with Crippen molar-refractivity contribution in [2.75, 3.05) is 32.8 Å². The molecular formula is C16H25N3O2. The van der Waals surface area contributed by atoms with Crippen LogP contribution < -0.4 is 5.32 Å². The van der Waals surface area contributed by atoms with Crippen molar-refractivity contribution < 1.29 is 9.47 Å². The van der Waals surface area contributed by atoms with E-state index in [1.54, 1.807) is 0 Å². The quantitative estimate of drug-likeness (QED) is 0.847. The molecule has 0 aliphatic carbocycles. The lowest BCUT2D eigenvalue weighted by atomic mass is 9.92. The lowest BCUT2D eigenvalue weighted by Crippen LogP contribution is -2.70. The van der Waals surface area contributed by atoms with Gasteiger partial charge in [-0.2, -0.15) is 0 Å². The molecule has 3 atom stereocenters. The number of nitrogens with one attached hydrogen (secondary N) is 1. The maximum absolute atomic E-state index is 6.11. The van der Waals surface area contributed by atoms with Gasteiger partial charge >= 0.3 is 0 Å². The molecular weight excluding hydrogens is 266 g/mol. The van der Waals surface area contributed by atoms with Crippen molar-refractivity contribution in [1.29, 1.82) is 0 Å². The maximum Gasteiger partial charge on any atom is 0.152 e. The average molecular weight is 291 g/mol. The van der Waals surface area contributed by atoms with Crippen LogP contribution in [0.15, 0.2) is 24.5 Å². The third kappa shape index (κ3) is 2.23. The molecule has 3 unspecified atom stereocenters. The summed E-state index contributed by atoms with van der Waals surface area (Å²) in [4.78, 5) is 0. The van der Waals surface area contributed by atoms with Gasteiger partial charge in [-0.15, -0.1) is 0 Å². The van der Waals surface area contributed by atoms with Gasteiger partial charge in [0.2, 0.25) is 0 Å². The molecule has 116 valence electrons. The van der Waals surface area contributed by atoms with Gasteiger partial charge in [0.05, 0.1) is 12.4 Å². The fourth-order valence-corrected chi connectivity index (χ4v) is 4.23. The van der Waals surface area contributed by atoms with Crippen LogP contribution in [0.2, 0.25) is 0 Å². The molecule has 0 aromatic carbocycles. The molecule has 4 aliphatic rings. The summed E-state index contributed by atoms with van der Waals surface area (Å²) in [5.74, 6) is 0. The molecule has 0 radical (unpaired) electrons. The van der Waals surface area contributed by atoms with Crippen LogP contribution in [0.3, 0.4) is 0 Å². The fourth-order valence-electron chi connectivity index (χ4n) is 4.23. The Morgan fingerprint density at radius 2 is 2.00 bits per heavy atom. The average Bonchev–Trinajstić information content (AvgIpc) is 3.27. The molecule has 5 heteroatoms. The second-order valence-electron chi connectivity index (χ2n) is 6.31. The van der Waals surface area contributed by atoms with Gasteiger partial charge in [0, 0.05) is 32.8 Å². The smallest absolute Gasteiger partial charge is 0.152 e. The van der Waals surface area contributed by atoms with Gasteiger partial charge in [0.1, 0.15) is 0 Å². The van der Waals surface area contributed by atoms with Crippen molar-refractivity contribution >= 4 is 0 Å². The molecule has 4 aliphatic heterocycles. The number of hydrogen-bond donors (Lipinski definition) is 1. The van der Waals surface area contributed by atoms with Crippen molar-refractivity contribution in [3.8, 4) is 0 Å². The molecule has 0 saturated carbocycles. The first kappa shape index (κ1) is 13.8. The Morgan fingerprint density at radius 1 is 1.10 bits per heavy atom. The van der Waals surface area contributed by atoms with Gasteiger partial charge in [-0.3, -0.25) is 5.32 Å². The van der Waals surface area contributed by atoms with Crippen LogP contribution in [0.25, 0.3) is 0 Å². The number of ether oxygens (including phenoxy) is 2. The predicted octanol–water partition coefficient (Wildman–Crippen LogP) is 1.25. The van der Waals surface area contributed by atoms with Crippen molar-refractivity contribution in [2.45, 2.75) is 43.6 Å². The van der Waals surface area contributed by atoms with E-state index in [9.17, 15) is 0 Å². The third-order valence-electron chi connectivity index (χ3n) is 5.14. The summed E-state index contributed by atoms with van der Waals surface area (Å²) in [7, 11) is 0. The van der Waals surface area contributed by atoms with Gasteiger partial charge in [-0.25, -0.2) is 10.0 Å². The van der Waals surface area contributed by atoms with Crippen LogP contribution in [0.5, 0.6) is 0 Å². The Kier molecular flexibility index (Phi) is 3.75. The molecule has 0 amide bonds. The van der Waals surface area contributed by atoms with E-state index in [0.717, 1.165) is 45.6 Å². The van der Waals surface area contributed by atoms with E-state index < -0.39 is 0 Å². The molecule has 3 saturated heterocycles. The van der Waals surface area contributed by atoms with Gasteiger partial charge in [0.25, 0.3) is 0 Å². The third-order valence-corrected chi connectivity index (χ3v) is 5.14. The van der Waals surface area contributed by atoms with Crippen LogP contribution in [-0.2, 0) is 9.47 Å². The molecule has 0 aromatic rings. The monoisotopic (exact) mass is 291 g/mol. The summed E-state index contributed by atoms with van der Waals surface area (Å²) >= 11 is 0. The molecule has 21 heavy (non-hydrogen) atoms. The summed E-state index contributed by atoms with van der Waals surface area (Å²) in [6, 6.07) is 0. The van der Waals surface area contributed by atoms with Crippen molar-refractivity contribution in [3.63, 3.8) is 0 Å². The van der Waals surface area contributed by atoms with E-state index >= 15 is 0 Å².